The first-order chi connectivity index (χ1) is 9.84. The summed E-state index contributed by atoms with van der Waals surface area (Å²) in [7, 11) is 2.70. The molecule has 1 aromatic carbocycles. The summed E-state index contributed by atoms with van der Waals surface area (Å²) in [6.45, 7) is 0.358. The van der Waals surface area contributed by atoms with Crippen LogP contribution in [0.5, 0.6) is 0 Å². The Bertz CT molecular complexity index is 764. The van der Waals surface area contributed by atoms with E-state index in [4.69, 9.17) is 27.0 Å². The van der Waals surface area contributed by atoms with Crippen molar-refractivity contribution in [2.24, 2.45) is 0 Å². The largest absolute Gasteiger partial charge is 0.383 e. The Kier molecular flexibility index (Phi) is 4.82. The van der Waals surface area contributed by atoms with Gasteiger partial charge in [-0.05, 0) is 18.2 Å². The monoisotopic (exact) mass is 353 g/mol. The van der Waals surface area contributed by atoms with Gasteiger partial charge in [-0.15, -0.1) is 10.2 Å². The van der Waals surface area contributed by atoms with Crippen molar-refractivity contribution in [2.45, 2.75) is 11.7 Å². The molecule has 0 amide bonds. The summed E-state index contributed by atoms with van der Waals surface area (Å²) >= 11 is 5.96. The molecule has 0 bridgehead atoms. The van der Waals surface area contributed by atoms with E-state index in [1.54, 1.807) is 0 Å². The standard InChI is InChI=1S/C11H10Cl2FN3O3S/c1-20-5-4-17-10(15-16-11(17)21(13,18)19)8-3-2-7(14)6-9(8)12/h2-3,6H,4-5H2,1H3. The van der Waals surface area contributed by atoms with Crippen LogP contribution in [0.3, 0.4) is 0 Å². The Morgan fingerprint density at radius 1 is 1.38 bits per heavy atom. The fourth-order valence-corrected chi connectivity index (χ4v) is 2.90. The van der Waals surface area contributed by atoms with Gasteiger partial charge in [0.1, 0.15) is 5.82 Å². The quantitative estimate of drug-likeness (QED) is 0.771. The van der Waals surface area contributed by atoms with E-state index in [9.17, 15) is 12.8 Å². The minimum atomic E-state index is -4.08. The number of methoxy groups -OCH3 is 1. The first kappa shape index (κ1) is 16.2. The molecular weight excluding hydrogens is 344 g/mol. The topological polar surface area (TPSA) is 74.1 Å². The molecule has 0 spiro atoms. The lowest BCUT2D eigenvalue weighted by molar-refractivity contribution is 0.185. The smallest absolute Gasteiger partial charge is 0.296 e. The summed E-state index contributed by atoms with van der Waals surface area (Å²) in [5.74, 6) is -0.354. The zero-order valence-corrected chi connectivity index (χ0v) is 13.1. The lowest BCUT2D eigenvalue weighted by atomic mass is 10.2. The summed E-state index contributed by atoms with van der Waals surface area (Å²) in [6.07, 6.45) is 0. The van der Waals surface area contributed by atoms with Gasteiger partial charge in [-0.1, -0.05) is 11.6 Å². The average Bonchev–Trinajstić information content (AvgIpc) is 2.79. The maximum Gasteiger partial charge on any atom is 0.296 e. The Hall–Kier alpha value is -1.22. The number of nitrogens with zero attached hydrogens (tertiary/aromatic N) is 3. The molecule has 0 unspecified atom stereocenters. The second-order valence-corrected chi connectivity index (χ2v) is 6.88. The lowest BCUT2D eigenvalue weighted by Gasteiger charge is -2.09. The third-order valence-corrected chi connectivity index (χ3v) is 4.09. The van der Waals surface area contributed by atoms with Crippen molar-refractivity contribution in [1.29, 1.82) is 0 Å². The molecular formula is C11H10Cl2FN3O3S. The number of aromatic nitrogens is 3. The van der Waals surface area contributed by atoms with Crippen molar-refractivity contribution in [3.05, 3.63) is 29.0 Å². The summed E-state index contributed by atoms with van der Waals surface area (Å²) < 4.78 is 42.3. The number of halogens is 3. The van der Waals surface area contributed by atoms with Crippen molar-refractivity contribution in [3.63, 3.8) is 0 Å². The van der Waals surface area contributed by atoms with Crippen LogP contribution >= 0.6 is 22.3 Å². The van der Waals surface area contributed by atoms with Crippen LogP contribution < -0.4 is 0 Å². The van der Waals surface area contributed by atoms with E-state index in [2.05, 4.69) is 10.2 Å². The highest BCUT2D eigenvalue weighted by Crippen LogP contribution is 2.29. The molecule has 0 aliphatic rings. The summed E-state index contributed by atoms with van der Waals surface area (Å²) in [4.78, 5) is 0. The van der Waals surface area contributed by atoms with Gasteiger partial charge in [0.05, 0.1) is 18.2 Å². The Labute approximate surface area is 129 Å². The highest BCUT2D eigenvalue weighted by Gasteiger charge is 2.24. The zero-order chi connectivity index (χ0) is 15.6. The molecule has 0 aliphatic heterocycles. The summed E-state index contributed by atoms with van der Waals surface area (Å²) in [5, 5.41) is 7.01. The highest BCUT2D eigenvalue weighted by molar-refractivity contribution is 8.13. The van der Waals surface area contributed by atoms with Crippen molar-refractivity contribution in [1.82, 2.24) is 14.8 Å². The molecule has 0 aliphatic carbocycles. The number of ether oxygens (including phenoxy) is 1. The van der Waals surface area contributed by atoms with Crippen molar-refractivity contribution in [3.8, 4) is 11.4 Å². The molecule has 0 saturated carbocycles. The van der Waals surface area contributed by atoms with Gasteiger partial charge in [0.15, 0.2) is 5.82 Å². The van der Waals surface area contributed by atoms with Gasteiger partial charge in [0, 0.05) is 23.4 Å². The van der Waals surface area contributed by atoms with E-state index < -0.39 is 20.0 Å². The second-order valence-electron chi connectivity index (χ2n) is 4.01. The van der Waals surface area contributed by atoms with Crippen LogP contribution in [0.2, 0.25) is 5.02 Å². The van der Waals surface area contributed by atoms with E-state index in [0.29, 0.717) is 5.56 Å². The zero-order valence-electron chi connectivity index (χ0n) is 10.8. The van der Waals surface area contributed by atoms with Crippen LogP contribution in [0.25, 0.3) is 11.4 Å². The van der Waals surface area contributed by atoms with E-state index in [0.717, 1.165) is 6.07 Å². The third-order valence-electron chi connectivity index (χ3n) is 2.63. The first-order valence-corrected chi connectivity index (χ1v) is 8.35. The second kappa shape index (κ2) is 6.27. The Morgan fingerprint density at radius 3 is 2.67 bits per heavy atom. The van der Waals surface area contributed by atoms with E-state index in [1.807, 2.05) is 0 Å². The van der Waals surface area contributed by atoms with Crippen LogP contribution in [0.15, 0.2) is 23.4 Å². The first-order valence-electron chi connectivity index (χ1n) is 5.67. The molecule has 6 nitrogen and oxygen atoms in total. The summed E-state index contributed by atoms with van der Waals surface area (Å²) in [5.41, 5.74) is 0.341. The van der Waals surface area contributed by atoms with E-state index >= 15 is 0 Å². The molecule has 21 heavy (non-hydrogen) atoms. The van der Waals surface area contributed by atoms with Gasteiger partial charge in [0.25, 0.3) is 14.2 Å². The number of rotatable bonds is 5. The molecule has 0 saturated heterocycles. The normalized spacial score (nSPS) is 11.8. The van der Waals surface area contributed by atoms with Gasteiger partial charge < -0.3 is 4.74 Å². The van der Waals surface area contributed by atoms with Crippen LogP contribution in [-0.4, -0.2) is 36.9 Å². The molecule has 0 fully saturated rings. The van der Waals surface area contributed by atoms with Gasteiger partial charge in [0.2, 0.25) is 0 Å². The molecule has 0 atom stereocenters. The van der Waals surface area contributed by atoms with Gasteiger partial charge in [-0.25, -0.2) is 12.8 Å². The minimum Gasteiger partial charge on any atom is -0.383 e. The molecule has 0 radical (unpaired) electrons. The van der Waals surface area contributed by atoms with Crippen molar-refractivity contribution < 1.29 is 17.5 Å². The molecule has 2 aromatic rings. The maximum atomic E-state index is 13.1. The fourth-order valence-electron chi connectivity index (χ4n) is 1.72. The fraction of sp³-hybridized carbons (Fsp3) is 0.273. The van der Waals surface area contributed by atoms with Crippen molar-refractivity contribution in [2.75, 3.05) is 13.7 Å². The number of benzene rings is 1. The predicted octanol–water partition coefficient (Wildman–Crippen LogP) is 2.31. The SMILES string of the molecule is COCCn1c(-c2ccc(F)cc2Cl)nnc1S(=O)(=O)Cl. The third kappa shape index (κ3) is 3.52. The molecule has 114 valence electrons. The van der Waals surface area contributed by atoms with Gasteiger partial charge >= 0.3 is 0 Å². The predicted molar refractivity (Wildman–Crippen MR) is 75.3 cm³/mol. The summed E-state index contributed by atoms with van der Waals surface area (Å²) in [6, 6.07) is 3.67. The minimum absolute atomic E-state index is 0.0830. The van der Waals surface area contributed by atoms with Crippen LogP contribution in [-0.2, 0) is 20.3 Å². The van der Waals surface area contributed by atoms with Gasteiger partial charge in [-0.2, -0.15) is 0 Å². The van der Waals surface area contributed by atoms with Crippen LogP contribution in [0.4, 0.5) is 4.39 Å². The number of hydrogen-bond donors (Lipinski definition) is 0. The Balaban J connectivity index is 2.60. The Morgan fingerprint density at radius 2 is 2.10 bits per heavy atom. The van der Waals surface area contributed by atoms with Crippen LogP contribution in [0, 0.1) is 5.82 Å². The molecule has 1 heterocycles. The average molecular weight is 354 g/mol. The molecule has 0 N–H and O–H groups in total. The lowest BCUT2D eigenvalue weighted by Crippen LogP contribution is -2.11. The number of hydrogen-bond acceptors (Lipinski definition) is 5. The van der Waals surface area contributed by atoms with Crippen molar-refractivity contribution >= 4 is 31.3 Å². The van der Waals surface area contributed by atoms with E-state index in [1.165, 1.54) is 23.8 Å². The van der Waals surface area contributed by atoms with Crippen LogP contribution in [0.1, 0.15) is 0 Å². The molecule has 2 rings (SSSR count). The molecule has 10 heteroatoms. The molecule has 1 aromatic heterocycles. The highest BCUT2D eigenvalue weighted by atomic mass is 35.7. The maximum absolute atomic E-state index is 13.1. The van der Waals surface area contributed by atoms with E-state index in [-0.39, 0.29) is 24.0 Å². The van der Waals surface area contributed by atoms with Gasteiger partial charge in [-0.3, -0.25) is 4.57 Å².